The summed E-state index contributed by atoms with van der Waals surface area (Å²) in [5.74, 6) is -0.883. The zero-order valence-electron chi connectivity index (χ0n) is 11.5. The van der Waals surface area contributed by atoms with Gasteiger partial charge in [0, 0.05) is 18.5 Å². The van der Waals surface area contributed by atoms with Crippen LogP contribution in [0.2, 0.25) is 0 Å². The topological polar surface area (TPSA) is 58.2 Å². The van der Waals surface area contributed by atoms with E-state index in [0.717, 1.165) is 12.1 Å². The Bertz CT molecular complexity index is 584. The minimum Gasteiger partial charge on any atom is -0.326 e. The Morgan fingerprint density at radius 2 is 1.86 bits per heavy atom. The summed E-state index contributed by atoms with van der Waals surface area (Å²) < 4.78 is 39.1. The predicted octanol–water partition coefficient (Wildman–Crippen LogP) is 3.26. The van der Waals surface area contributed by atoms with Crippen LogP contribution in [0, 0.1) is 11.8 Å². The second-order valence-corrected chi connectivity index (χ2v) is 5.25. The summed E-state index contributed by atoms with van der Waals surface area (Å²) >= 11 is 0. The summed E-state index contributed by atoms with van der Waals surface area (Å²) in [6, 6.07) is 3.29. The van der Waals surface area contributed by atoms with Crippen LogP contribution in [-0.2, 0) is 15.8 Å². The van der Waals surface area contributed by atoms with Gasteiger partial charge in [-0.2, -0.15) is 13.2 Å². The number of carbonyl (C=O) groups is 2. The summed E-state index contributed by atoms with van der Waals surface area (Å²) in [7, 11) is 0. The second-order valence-electron chi connectivity index (χ2n) is 5.25. The number of alkyl halides is 3. The third-order valence-corrected chi connectivity index (χ3v) is 3.35. The zero-order valence-corrected chi connectivity index (χ0v) is 11.5. The van der Waals surface area contributed by atoms with Crippen LogP contribution in [0.25, 0.3) is 0 Å². The first kappa shape index (κ1) is 15.3. The van der Waals surface area contributed by atoms with Crippen LogP contribution in [0.3, 0.4) is 0 Å². The number of anilines is 2. The molecule has 21 heavy (non-hydrogen) atoms. The molecule has 0 spiro atoms. The minimum atomic E-state index is -4.62. The van der Waals surface area contributed by atoms with Gasteiger partial charge >= 0.3 is 6.18 Å². The third-order valence-electron chi connectivity index (χ3n) is 3.35. The maximum Gasteiger partial charge on any atom is 0.418 e. The molecule has 1 saturated carbocycles. The van der Waals surface area contributed by atoms with Gasteiger partial charge in [-0.25, -0.2) is 0 Å². The molecule has 0 radical (unpaired) electrons. The summed E-state index contributed by atoms with van der Waals surface area (Å²) in [5, 5.41) is 4.61. The Kier molecular flexibility index (Phi) is 3.93. The molecule has 4 nitrogen and oxygen atoms in total. The average Bonchev–Trinajstić information content (AvgIpc) is 3.06. The van der Waals surface area contributed by atoms with Crippen LogP contribution in [0.5, 0.6) is 0 Å². The number of hydrogen-bond acceptors (Lipinski definition) is 2. The highest BCUT2D eigenvalue weighted by molar-refractivity contribution is 5.96. The molecule has 0 heterocycles. The quantitative estimate of drug-likeness (QED) is 0.900. The number of carbonyl (C=O) groups excluding carboxylic acids is 2. The highest BCUT2D eigenvalue weighted by Gasteiger charge is 2.40. The highest BCUT2D eigenvalue weighted by atomic mass is 19.4. The summed E-state index contributed by atoms with van der Waals surface area (Å²) in [6.07, 6.45) is -3.93. The van der Waals surface area contributed by atoms with E-state index in [2.05, 4.69) is 10.6 Å². The van der Waals surface area contributed by atoms with Gasteiger partial charge in [-0.1, -0.05) is 6.92 Å². The van der Waals surface area contributed by atoms with Gasteiger partial charge < -0.3 is 10.6 Å². The molecule has 1 aromatic carbocycles. The van der Waals surface area contributed by atoms with Crippen molar-refractivity contribution in [1.82, 2.24) is 0 Å². The predicted molar refractivity (Wildman–Crippen MR) is 71.6 cm³/mol. The van der Waals surface area contributed by atoms with Crippen LogP contribution in [0.15, 0.2) is 18.2 Å². The molecule has 0 saturated heterocycles. The molecule has 1 aliphatic rings. The van der Waals surface area contributed by atoms with Gasteiger partial charge in [-0.3, -0.25) is 9.59 Å². The Balaban J connectivity index is 2.27. The minimum absolute atomic E-state index is 0.0348. The zero-order chi connectivity index (χ0) is 15.8. The van der Waals surface area contributed by atoms with Crippen LogP contribution >= 0.6 is 0 Å². The molecule has 2 atom stereocenters. The van der Waals surface area contributed by atoms with Crippen molar-refractivity contribution in [1.29, 1.82) is 0 Å². The second kappa shape index (κ2) is 5.38. The molecule has 0 aromatic heterocycles. The first-order chi connectivity index (χ1) is 9.68. The van der Waals surface area contributed by atoms with Crippen molar-refractivity contribution in [3.63, 3.8) is 0 Å². The molecule has 2 unspecified atom stereocenters. The van der Waals surface area contributed by atoms with Crippen molar-refractivity contribution < 1.29 is 22.8 Å². The van der Waals surface area contributed by atoms with Crippen molar-refractivity contribution in [3.05, 3.63) is 23.8 Å². The van der Waals surface area contributed by atoms with Gasteiger partial charge in [0.1, 0.15) is 0 Å². The van der Waals surface area contributed by atoms with E-state index in [9.17, 15) is 22.8 Å². The molecule has 2 N–H and O–H groups in total. The smallest absolute Gasteiger partial charge is 0.326 e. The fraction of sp³-hybridized carbons (Fsp3) is 0.429. The van der Waals surface area contributed by atoms with Gasteiger partial charge in [0.2, 0.25) is 11.8 Å². The normalized spacial score (nSPS) is 20.8. The number of amides is 2. The van der Waals surface area contributed by atoms with E-state index >= 15 is 0 Å². The van der Waals surface area contributed by atoms with Gasteiger partial charge in [-0.15, -0.1) is 0 Å². The number of hydrogen-bond donors (Lipinski definition) is 2. The fourth-order valence-electron chi connectivity index (χ4n) is 2.08. The molecule has 1 fully saturated rings. The van der Waals surface area contributed by atoms with E-state index in [4.69, 9.17) is 0 Å². The van der Waals surface area contributed by atoms with Crippen LogP contribution in [0.1, 0.15) is 25.8 Å². The van der Waals surface area contributed by atoms with Crippen molar-refractivity contribution in [2.45, 2.75) is 26.4 Å². The van der Waals surface area contributed by atoms with Gasteiger partial charge in [0.05, 0.1) is 11.3 Å². The number of rotatable bonds is 3. The van der Waals surface area contributed by atoms with Crippen molar-refractivity contribution in [2.75, 3.05) is 10.6 Å². The molecule has 1 aromatic rings. The SMILES string of the molecule is CC(=O)Nc1ccc(NC(=O)C2CC2C)c(C(F)(F)F)c1. The van der Waals surface area contributed by atoms with E-state index in [1.165, 1.54) is 13.0 Å². The number of halogens is 3. The first-order valence-corrected chi connectivity index (χ1v) is 6.48. The van der Waals surface area contributed by atoms with E-state index in [1.54, 1.807) is 0 Å². The number of nitrogens with one attached hydrogen (secondary N) is 2. The Morgan fingerprint density at radius 3 is 2.33 bits per heavy atom. The maximum atomic E-state index is 13.0. The van der Waals surface area contributed by atoms with Crippen molar-refractivity contribution >= 4 is 23.2 Å². The molecule has 7 heteroatoms. The lowest BCUT2D eigenvalue weighted by atomic mass is 10.1. The van der Waals surface area contributed by atoms with Gasteiger partial charge in [0.15, 0.2) is 0 Å². The van der Waals surface area contributed by atoms with E-state index in [0.29, 0.717) is 6.42 Å². The molecule has 114 valence electrons. The first-order valence-electron chi connectivity index (χ1n) is 6.48. The maximum absolute atomic E-state index is 13.0. The monoisotopic (exact) mass is 300 g/mol. The molecule has 0 aliphatic heterocycles. The molecule has 2 amide bonds. The Morgan fingerprint density at radius 1 is 1.24 bits per heavy atom. The average molecular weight is 300 g/mol. The van der Waals surface area contributed by atoms with Crippen LogP contribution in [0.4, 0.5) is 24.5 Å². The molecular formula is C14H15F3N2O2. The summed E-state index contributed by atoms with van der Waals surface area (Å²) in [4.78, 5) is 22.7. The standard InChI is InChI=1S/C14H15F3N2O2/c1-7-5-10(7)13(21)19-12-4-3-9(18-8(2)20)6-11(12)14(15,16)17/h3-4,6-7,10H,5H2,1-2H3,(H,18,20)(H,19,21). The molecular weight excluding hydrogens is 285 g/mol. The van der Waals surface area contributed by atoms with Crippen LogP contribution < -0.4 is 10.6 Å². The van der Waals surface area contributed by atoms with Crippen molar-refractivity contribution in [3.8, 4) is 0 Å². The fourth-order valence-corrected chi connectivity index (χ4v) is 2.08. The van der Waals surface area contributed by atoms with Gasteiger partial charge in [-0.05, 0) is 30.5 Å². The number of benzene rings is 1. The lowest BCUT2D eigenvalue weighted by Crippen LogP contribution is -2.19. The van der Waals surface area contributed by atoms with Gasteiger partial charge in [0.25, 0.3) is 0 Å². The molecule has 1 aliphatic carbocycles. The Labute approximate surface area is 119 Å². The largest absolute Gasteiger partial charge is 0.418 e. The molecule has 2 rings (SSSR count). The van der Waals surface area contributed by atoms with Crippen LogP contribution in [-0.4, -0.2) is 11.8 Å². The van der Waals surface area contributed by atoms with E-state index in [-0.39, 0.29) is 23.2 Å². The Hall–Kier alpha value is -2.05. The van der Waals surface area contributed by atoms with Crippen molar-refractivity contribution in [2.24, 2.45) is 11.8 Å². The summed E-state index contributed by atoms with van der Waals surface area (Å²) in [6.45, 7) is 3.08. The summed E-state index contributed by atoms with van der Waals surface area (Å²) in [5.41, 5.74) is -1.23. The lowest BCUT2D eigenvalue weighted by Gasteiger charge is -2.15. The van der Waals surface area contributed by atoms with E-state index in [1.807, 2.05) is 6.92 Å². The third kappa shape index (κ3) is 3.74. The molecule has 0 bridgehead atoms. The highest BCUT2D eigenvalue weighted by Crippen LogP contribution is 2.40. The van der Waals surface area contributed by atoms with E-state index < -0.39 is 23.6 Å². The lowest BCUT2D eigenvalue weighted by molar-refractivity contribution is -0.137.